The largest absolute Gasteiger partial charge is 0.495 e. The smallest absolute Gasteiger partial charge is 0.247 e. The summed E-state index contributed by atoms with van der Waals surface area (Å²) < 4.78 is 40.7. The van der Waals surface area contributed by atoms with Crippen LogP contribution in [0.3, 0.4) is 0 Å². The highest BCUT2D eigenvalue weighted by molar-refractivity contribution is 7.89. The molecule has 0 radical (unpaired) electrons. The minimum absolute atomic E-state index is 0.0671. The fraction of sp³-hybridized carbons (Fsp3) is 0.367. The van der Waals surface area contributed by atoms with Crippen LogP contribution in [0.15, 0.2) is 71.9 Å². The Morgan fingerprint density at radius 1 is 1.21 bits per heavy atom. The van der Waals surface area contributed by atoms with Crippen molar-refractivity contribution in [1.29, 1.82) is 0 Å². The Bertz CT molecular complexity index is 1440. The Hall–Kier alpha value is -3.42. The van der Waals surface area contributed by atoms with E-state index in [1.165, 1.54) is 4.31 Å². The van der Waals surface area contributed by atoms with Gasteiger partial charge in [0.2, 0.25) is 10.0 Å². The SMILES string of the molecule is COc1ccccc1C#Cc1ccc2c(c1)O[C@@H](CN(C)Cc1cccnc1)[C@@H](C)CN([C@H](C)CO)S2(=O)=O. The van der Waals surface area contributed by atoms with Gasteiger partial charge in [-0.15, -0.1) is 0 Å². The summed E-state index contributed by atoms with van der Waals surface area (Å²) >= 11 is 0. The highest BCUT2D eigenvalue weighted by Crippen LogP contribution is 2.34. The molecule has 2 heterocycles. The van der Waals surface area contributed by atoms with Gasteiger partial charge in [0.05, 0.1) is 19.3 Å². The van der Waals surface area contributed by atoms with Crippen LogP contribution < -0.4 is 9.47 Å². The lowest BCUT2D eigenvalue weighted by Crippen LogP contribution is -2.49. The molecule has 2 aromatic carbocycles. The van der Waals surface area contributed by atoms with Crippen molar-refractivity contribution >= 4 is 10.0 Å². The van der Waals surface area contributed by atoms with E-state index < -0.39 is 16.1 Å². The molecule has 0 saturated heterocycles. The molecule has 1 aliphatic rings. The lowest BCUT2D eigenvalue weighted by molar-refractivity contribution is 0.0733. The molecule has 1 aliphatic heterocycles. The molecule has 39 heavy (non-hydrogen) atoms. The molecule has 0 saturated carbocycles. The molecule has 0 spiro atoms. The first kappa shape index (κ1) is 28.6. The Kier molecular flexibility index (Phi) is 9.25. The van der Waals surface area contributed by atoms with E-state index in [9.17, 15) is 13.5 Å². The van der Waals surface area contributed by atoms with Gasteiger partial charge >= 0.3 is 0 Å². The van der Waals surface area contributed by atoms with E-state index in [4.69, 9.17) is 9.47 Å². The van der Waals surface area contributed by atoms with Gasteiger partial charge in [0.25, 0.3) is 0 Å². The summed E-state index contributed by atoms with van der Waals surface area (Å²) in [6.07, 6.45) is 3.26. The first-order chi connectivity index (χ1) is 18.7. The van der Waals surface area contributed by atoms with Crippen LogP contribution in [0.25, 0.3) is 0 Å². The van der Waals surface area contributed by atoms with Crippen molar-refractivity contribution in [1.82, 2.24) is 14.2 Å². The minimum Gasteiger partial charge on any atom is -0.495 e. The lowest BCUT2D eigenvalue weighted by atomic mass is 10.0. The Morgan fingerprint density at radius 2 is 2.00 bits per heavy atom. The molecular formula is C30H35N3O5S. The highest BCUT2D eigenvalue weighted by atomic mass is 32.2. The second kappa shape index (κ2) is 12.6. The van der Waals surface area contributed by atoms with Crippen LogP contribution in [0, 0.1) is 17.8 Å². The van der Waals surface area contributed by atoms with Gasteiger partial charge in [0.15, 0.2) is 0 Å². The molecule has 0 amide bonds. The Balaban J connectivity index is 1.71. The molecule has 0 unspecified atom stereocenters. The number of pyridine rings is 1. The maximum absolute atomic E-state index is 13.7. The molecule has 4 rings (SSSR count). The summed E-state index contributed by atoms with van der Waals surface area (Å²) in [7, 11) is -0.327. The van der Waals surface area contributed by atoms with E-state index in [1.807, 2.05) is 56.6 Å². The number of aliphatic hydroxyl groups excluding tert-OH is 1. The summed E-state index contributed by atoms with van der Waals surface area (Å²) in [4.78, 5) is 6.40. The predicted molar refractivity (Wildman–Crippen MR) is 150 cm³/mol. The minimum atomic E-state index is -3.92. The zero-order chi connectivity index (χ0) is 28.0. The van der Waals surface area contributed by atoms with Crippen LogP contribution in [0.5, 0.6) is 11.5 Å². The third-order valence-corrected chi connectivity index (χ3v) is 8.80. The van der Waals surface area contributed by atoms with Crippen LogP contribution in [0.4, 0.5) is 0 Å². The third kappa shape index (κ3) is 6.78. The topological polar surface area (TPSA) is 92.2 Å². The number of hydrogen-bond acceptors (Lipinski definition) is 7. The first-order valence-electron chi connectivity index (χ1n) is 12.9. The number of nitrogens with zero attached hydrogens (tertiary/aromatic N) is 3. The standard InChI is InChI=1S/C30H35N3O5S/c1-22-18-33(23(2)21-34)39(35,36)30-14-12-24(11-13-26-9-5-6-10-27(26)37-4)16-28(30)38-29(22)20-32(3)19-25-8-7-15-31-17-25/h5-10,12,14-17,22-23,29,34H,18-21H2,1-4H3/t22-,23+,29-/m0/s1. The van der Waals surface area contributed by atoms with Gasteiger partial charge in [-0.2, -0.15) is 4.31 Å². The molecule has 3 aromatic rings. The van der Waals surface area contributed by atoms with Crippen LogP contribution in [0.1, 0.15) is 30.5 Å². The Morgan fingerprint density at radius 3 is 2.72 bits per heavy atom. The number of sulfonamides is 1. The molecule has 0 fully saturated rings. The molecular weight excluding hydrogens is 514 g/mol. The summed E-state index contributed by atoms with van der Waals surface area (Å²) in [6.45, 7) is 4.87. The van der Waals surface area contributed by atoms with Crippen molar-refractivity contribution in [3.63, 3.8) is 0 Å². The van der Waals surface area contributed by atoms with Gasteiger partial charge in [-0.3, -0.25) is 9.88 Å². The Labute approximate surface area is 231 Å². The number of benzene rings is 2. The fourth-order valence-electron chi connectivity index (χ4n) is 4.58. The highest BCUT2D eigenvalue weighted by Gasteiger charge is 2.38. The van der Waals surface area contributed by atoms with Crippen LogP contribution in [0.2, 0.25) is 0 Å². The summed E-state index contributed by atoms with van der Waals surface area (Å²) in [6, 6.07) is 15.7. The van der Waals surface area contributed by atoms with E-state index in [-0.39, 0.29) is 35.8 Å². The van der Waals surface area contributed by atoms with Gasteiger partial charge < -0.3 is 14.6 Å². The molecule has 8 nitrogen and oxygen atoms in total. The molecule has 0 aliphatic carbocycles. The number of rotatable bonds is 7. The van der Waals surface area contributed by atoms with Crippen molar-refractivity contribution in [2.75, 3.05) is 33.9 Å². The van der Waals surface area contributed by atoms with E-state index in [0.717, 1.165) is 11.1 Å². The van der Waals surface area contributed by atoms with Crippen molar-refractivity contribution in [2.24, 2.45) is 5.92 Å². The molecule has 0 bridgehead atoms. The van der Waals surface area contributed by atoms with Gasteiger partial charge in [-0.05, 0) is 55.9 Å². The summed E-state index contributed by atoms with van der Waals surface area (Å²) in [5.74, 6) is 7.00. The monoisotopic (exact) mass is 549 g/mol. The van der Waals surface area contributed by atoms with E-state index >= 15 is 0 Å². The molecule has 9 heteroatoms. The number of likely N-dealkylation sites (N-methyl/N-ethyl adjacent to an activating group) is 1. The number of aromatic nitrogens is 1. The van der Waals surface area contributed by atoms with E-state index in [0.29, 0.717) is 24.4 Å². The zero-order valence-electron chi connectivity index (χ0n) is 22.7. The van der Waals surface area contributed by atoms with Crippen molar-refractivity contribution in [3.8, 4) is 23.3 Å². The first-order valence-corrected chi connectivity index (χ1v) is 14.3. The molecule has 1 aromatic heterocycles. The fourth-order valence-corrected chi connectivity index (χ4v) is 6.41. The van der Waals surface area contributed by atoms with Gasteiger partial charge in [0, 0.05) is 49.6 Å². The maximum Gasteiger partial charge on any atom is 0.247 e. The zero-order valence-corrected chi connectivity index (χ0v) is 23.6. The van der Waals surface area contributed by atoms with Crippen LogP contribution in [-0.4, -0.2) is 73.7 Å². The van der Waals surface area contributed by atoms with Crippen molar-refractivity contribution < 1.29 is 23.0 Å². The van der Waals surface area contributed by atoms with Gasteiger partial charge in [-0.1, -0.05) is 37.0 Å². The molecule has 206 valence electrons. The van der Waals surface area contributed by atoms with E-state index in [2.05, 4.69) is 21.7 Å². The van der Waals surface area contributed by atoms with Crippen LogP contribution in [-0.2, 0) is 16.6 Å². The average molecular weight is 550 g/mol. The normalized spacial score (nSPS) is 19.5. The second-order valence-electron chi connectivity index (χ2n) is 9.91. The van der Waals surface area contributed by atoms with Gasteiger partial charge in [0.1, 0.15) is 22.5 Å². The van der Waals surface area contributed by atoms with Crippen molar-refractivity contribution in [3.05, 3.63) is 83.7 Å². The third-order valence-electron chi connectivity index (χ3n) is 6.78. The summed E-state index contributed by atoms with van der Waals surface area (Å²) in [5.41, 5.74) is 2.42. The summed E-state index contributed by atoms with van der Waals surface area (Å²) in [5, 5.41) is 9.88. The molecule has 1 N–H and O–H groups in total. The average Bonchev–Trinajstić information content (AvgIpc) is 2.94. The van der Waals surface area contributed by atoms with Crippen LogP contribution >= 0.6 is 0 Å². The molecule has 3 atom stereocenters. The second-order valence-corrected chi connectivity index (χ2v) is 11.8. The van der Waals surface area contributed by atoms with E-state index in [1.54, 1.807) is 38.4 Å². The number of methoxy groups -OCH3 is 1. The number of para-hydroxylation sites is 1. The number of ether oxygens (including phenoxy) is 2. The predicted octanol–water partition coefficient (Wildman–Crippen LogP) is 3.39. The quantitative estimate of drug-likeness (QED) is 0.452. The maximum atomic E-state index is 13.7. The number of fused-ring (bicyclic) bond motifs is 1. The van der Waals surface area contributed by atoms with Gasteiger partial charge in [-0.25, -0.2) is 8.42 Å². The lowest BCUT2D eigenvalue weighted by Gasteiger charge is -2.37. The number of hydrogen-bond donors (Lipinski definition) is 1. The number of aliphatic hydroxyl groups is 1. The van der Waals surface area contributed by atoms with Crippen molar-refractivity contribution in [2.45, 2.75) is 37.4 Å².